The van der Waals surface area contributed by atoms with Gasteiger partial charge >= 0.3 is 0 Å². The fraction of sp³-hybridized carbons (Fsp3) is 0.188. The number of Topliss-reactive ketones (excluding diaryl/α,β-unsaturated/α-hetero) is 1. The molecule has 20 heavy (non-hydrogen) atoms. The van der Waals surface area contributed by atoms with E-state index in [-0.39, 0.29) is 5.78 Å². The van der Waals surface area contributed by atoms with Crippen molar-refractivity contribution in [1.82, 2.24) is 0 Å². The van der Waals surface area contributed by atoms with Crippen molar-refractivity contribution in [2.45, 2.75) is 6.10 Å². The van der Waals surface area contributed by atoms with Gasteiger partial charge in [0.05, 0.1) is 14.2 Å². The highest BCUT2D eigenvalue weighted by Crippen LogP contribution is 2.44. The third-order valence-electron chi connectivity index (χ3n) is 3.33. The van der Waals surface area contributed by atoms with E-state index in [1.165, 1.54) is 7.11 Å². The molecule has 4 heteroatoms. The van der Waals surface area contributed by atoms with E-state index in [4.69, 9.17) is 14.2 Å². The van der Waals surface area contributed by atoms with Crippen LogP contribution in [-0.4, -0.2) is 20.0 Å². The third kappa shape index (κ3) is 1.90. The molecule has 0 saturated carbocycles. The molecule has 0 amide bonds. The highest BCUT2D eigenvalue weighted by molar-refractivity contribution is 6.07. The predicted octanol–water partition coefficient (Wildman–Crippen LogP) is 3.02. The van der Waals surface area contributed by atoms with Crippen LogP contribution in [0, 0.1) is 0 Å². The van der Waals surface area contributed by atoms with Crippen LogP contribution in [0.4, 0.5) is 0 Å². The summed E-state index contributed by atoms with van der Waals surface area (Å²) in [7, 11) is 3.09. The number of benzene rings is 2. The van der Waals surface area contributed by atoms with Crippen LogP contribution < -0.4 is 14.2 Å². The van der Waals surface area contributed by atoms with Crippen LogP contribution in [0.3, 0.4) is 0 Å². The molecule has 0 spiro atoms. The molecule has 1 unspecified atom stereocenters. The summed E-state index contributed by atoms with van der Waals surface area (Å²) in [5.74, 6) is 1.48. The number of methoxy groups -OCH3 is 2. The summed E-state index contributed by atoms with van der Waals surface area (Å²) in [5, 5.41) is 0. The molecule has 0 radical (unpaired) electrons. The minimum Gasteiger partial charge on any atom is -0.496 e. The van der Waals surface area contributed by atoms with E-state index in [2.05, 4.69) is 0 Å². The number of rotatable bonds is 3. The first-order valence-corrected chi connectivity index (χ1v) is 6.26. The van der Waals surface area contributed by atoms with Crippen molar-refractivity contribution in [2.24, 2.45) is 0 Å². The molecule has 0 saturated heterocycles. The maximum absolute atomic E-state index is 12.5. The SMILES string of the molecule is COc1cc(OC)c2c(c1)OC(c1ccccc1)C2=O. The lowest BCUT2D eigenvalue weighted by molar-refractivity contribution is 0.0856. The molecule has 0 aromatic heterocycles. The van der Waals surface area contributed by atoms with Gasteiger partial charge in [-0.05, 0) is 0 Å². The van der Waals surface area contributed by atoms with Crippen molar-refractivity contribution in [1.29, 1.82) is 0 Å². The number of fused-ring (bicyclic) bond motifs is 1. The van der Waals surface area contributed by atoms with Crippen molar-refractivity contribution in [3.05, 3.63) is 53.6 Å². The Morgan fingerprint density at radius 1 is 1.05 bits per heavy atom. The highest BCUT2D eigenvalue weighted by Gasteiger charge is 2.37. The number of carbonyl (C=O) groups is 1. The van der Waals surface area contributed by atoms with Gasteiger partial charge in [0.25, 0.3) is 0 Å². The quantitative estimate of drug-likeness (QED) is 0.860. The summed E-state index contributed by atoms with van der Waals surface area (Å²) in [4.78, 5) is 12.5. The van der Waals surface area contributed by atoms with Crippen molar-refractivity contribution in [3.63, 3.8) is 0 Å². The molecule has 1 atom stereocenters. The third-order valence-corrected chi connectivity index (χ3v) is 3.33. The lowest BCUT2D eigenvalue weighted by Crippen LogP contribution is -2.11. The normalized spacial score (nSPS) is 16.5. The van der Waals surface area contributed by atoms with Crippen molar-refractivity contribution in [2.75, 3.05) is 14.2 Å². The fourth-order valence-electron chi connectivity index (χ4n) is 2.34. The molecule has 0 N–H and O–H groups in total. The Bertz CT molecular complexity index is 649. The summed E-state index contributed by atoms with van der Waals surface area (Å²) in [6, 6.07) is 12.8. The molecule has 3 rings (SSSR count). The van der Waals surface area contributed by atoms with E-state index < -0.39 is 6.10 Å². The predicted molar refractivity (Wildman–Crippen MR) is 73.7 cm³/mol. The molecule has 0 bridgehead atoms. The molecular weight excluding hydrogens is 256 g/mol. The van der Waals surface area contributed by atoms with Crippen LogP contribution in [0.1, 0.15) is 22.0 Å². The zero-order valence-electron chi connectivity index (χ0n) is 11.3. The van der Waals surface area contributed by atoms with Crippen LogP contribution in [0.5, 0.6) is 17.2 Å². The van der Waals surface area contributed by atoms with Crippen molar-refractivity contribution >= 4 is 5.78 Å². The summed E-state index contributed by atoms with van der Waals surface area (Å²) < 4.78 is 16.2. The fourth-order valence-corrected chi connectivity index (χ4v) is 2.34. The van der Waals surface area contributed by atoms with Crippen molar-refractivity contribution < 1.29 is 19.0 Å². The second-order valence-electron chi connectivity index (χ2n) is 4.48. The van der Waals surface area contributed by atoms with Gasteiger partial charge in [-0.25, -0.2) is 0 Å². The van der Waals surface area contributed by atoms with Gasteiger partial charge in [-0.2, -0.15) is 0 Å². The maximum Gasteiger partial charge on any atom is 0.215 e. The second kappa shape index (κ2) is 4.89. The lowest BCUT2D eigenvalue weighted by Gasteiger charge is -2.09. The maximum atomic E-state index is 12.5. The van der Waals surface area contributed by atoms with E-state index in [9.17, 15) is 4.79 Å². The Balaban J connectivity index is 2.06. The molecule has 1 heterocycles. The van der Waals surface area contributed by atoms with Crippen LogP contribution >= 0.6 is 0 Å². The number of carbonyl (C=O) groups excluding carboxylic acids is 1. The van der Waals surface area contributed by atoms with Crippen LogP contribution in [-0.2, 0) is 0 Å². The smallest absolute Gasteiger partial charge is 0.215 e. The molecule has 102 valence electrons. The minimum absolute atomic E-state index is 0.0919. The van der Waals surface area contributed by atoms with Gasteiger partial charge in [0.1, 0.15) is 22.8 Å². The topological polar surface area (TPSA) is 44.8 Å². The van der Waals surface area contributed by atoms with Crippen LogP contribution in [0.2, 0.25) is 0 Å². The Morgan fingerprint density at radius 2 is 1.80 bits per heavy atom. The summed E-state index contributed by atoms with van der Waals surface area (Å²) >= 11 is 0. The first-order chi connectivity index (χ1) is 9.74. The minimum atomic E-state index is -0.618. The van der Waals surface area contributed by atoms with Gasteiger partial charge in [0.15, 0.2) is 6.10 Å². The Morgan fingerprint density at radius 3 is 2.45 bits per heavy atom. The van der Waals surface area contributed by atoms with E-state index in [1.807, 2.05) is 30.3 Å². The zero-order chi connectivity index (χ0) is 14.1. The number of ketones is 1. The van der Waals surface area contributed by atoms with Crippen LogP contribution in [0.25, 0.3) is 0 Å². The van der Waals surface area contributed by atoms with E-state index >= 15 is 0 Å². The molecule has 2 aromatic rings. The summed E-state index contributed by atoms with van der Waals surface area (Å²) in [5.41, 5.74) is 1.30. The van der Waals surface area contributed by atoms with Crippen molar-refractivity contribution in [3.8, 4) is 17.2 Å². The zero-order valence-corrected chi connectivity index (χ0v) is 11.3. The van der Waals surface area contributed by atoms with Crippen LogP contribution in [0.15, 0.2) is 42.5 Å². The van der Waals surface area contributed by atoms with Gasteiger partial charge in [-0.15, -0.1) is 0 Å². The number of hydrogen-bond donors (Lipinski definition) is 0. The number of hydrogen-bond acceptors (Lipinski definition) is 4. The largest absolute Gasteiger partial charge is 0.496 e. The molecule has 1 aliphatic heterocycles. The monoisotopic (exact) mass is 270 g/mol. The first-order valence-electron chi connectivity index (χ1n) is 6.26. The van der Waals surface area contributed by atoms with Gasteiger partial charge in [0, 0.05) is 17.7 Å². The van der Waals surface area contributed by atoms with E-state index in [0.717, 1.165) is 5.56 Å². The Kier molecular flexibility index (Phi) is 3.06. The highest BCUT2D eigenvalue weighted by atomic mass is 16.5. The summed E-state index contributed by atoms with van der Waals surface area (Å²) in [6.45, 7) is 0. The molecule has 2 aromatic carbocycles. The average molecular weight is 270 g/mol. The molecule has 4 nitrogen and oxygen atoms in total. The first kappa shape index (κ1) is 12.5. The molecule has 0 aliphatic carbocycles. The molecule has 1 aliphatic rings. The van der Waals surface area contributed by atoms with Gasteiger partial charge in [-0.3, -0.25) is 4.79 Å². The van der Waals surface area contributed by atoms with Gasteiger partial charge in [-0.1, -0.05) is 30.3 Å². The standard InChI is InChI=1S/C16H14O4/c1-18-11-8-12(19-2)14-13(9-11)20-16(15(14)17)10-6-4-3-5-7-10/h3-9,16H,1-2H3. The second-order valence-corrected chi connectivity index (χ2v) is 4.48. The lowest BCUT2D eigenvalue weighted by atomic mass is 10.0. The van der Waals surface area contributed by atoms with E-state index in [0.29, 0.717) is 22.8 Å². The summed E-state index contributed by atoms with van der Waals surface area (Å²) in [6.07, 6.45) is -0.618. The molecular formula is C16H14O4. The average Bonchev–Trinajstić information content (AvgIpc) is 2.84. The Labute approximate surface area is 116 Å². The Hall–Kier alpha value is -2.49. The van der Waals surface area contributed by atoms with E-state index in [1.54, 1.807) is 19.2 Å². The van der Waals surface area contributed by atoms with Gasteiger partial charge < -0.3 is 14.2 Å². The number of ether oxygens (including phenoxy) is 3. The molecule has 0 fully saturated rings. The van der Waals surface area contributed by atoms with Gasteiger partial charge in [0.2, 0.25) is 5.78 Å².